The highest BCUT2D eigenvalue weighted by molar-refractivity contribution is 14.0. The summed E-state index contributed by atoms with van der Waals surface area (Å²) in [6.45, 7) is 6.22. The minimum absolute atomic E-state index is 0. The third-order valence-corrected chi connectivity index (χ3v) is 4.65. The molecule has 0 aliphatic carbocycles. The van der Waals surface area contributed by atoms with Crippen molar-refractivity contribution in [3.8, 4) is 0 Å². The number of nitrogens with one attached hydrogen (secondary N) is 3. The second kappa shape index (κ2) is 9.50. The van der Waals surface area contributed by atoms with Gasteiger partial charge in [0.05, 0.1) is 11.5 Å². The van der Waals surface area contributed by atoms with Gasteiger partial charge in [-0.1, -0.05) is 0 Å². The summed E-state index contributed by atoms with van der Waals surface area (Å²) in [7, 11) is -1.31. The fourth-order valence-corrected chi connectivity index (χ4v) is 3.63. The second-order valence-electron chi connectivity index (χ2n) is 6.17. The maximum Gasteiger partial charge on any atom is 0.407 e. The summed E-state index contributed by atoms with van der Waals surface area (Å²) in [4.78, 5) is 15.5. The summed E-state index contributed by atoms with van der Waals surface area (Å²) in [5, 5.41) is 8.70. The van der Waals surface area contributed by atoms with Crippen LogP contribution >= 0.6 is 24.0 Å². The molecule has 23 heavy (non-hydrogen) atoms. The van der Waals surface area contributed by atoms with E-state index < -0.39 is 21.5 Å². The molecule has 136 valence electrons. The van der Waals surface area contributed by atoms with E-state index in [2.05, 4.69) is 20.9 Å². The number of carbonyl (C=O) groups excluding carboxylic acids is 1. The lowest BCUT2D eigenvalue weighted by molar-refractivity contribution is 0.0529. The molecule has 1 heterocycles. The normalized spacial score (nSPS) is 20.3. The molecule has 0 saturated carbocycles. The van der Waals surface area contributed by atoms with Crippen molar-refractivity contribution in [2.45, 2.75) is 38.8 Å². The Morgan fingerprint density at radius 3 is 2.35 bits per heavy atom. The van der Waals surface area contributed by atoms with Crippen LogP contribution in [0.15, 0.2) is 4.99 Å². The number of guanidine groups is 1. The first kappa shape index (κ1) is 22.2. The number of sulfone groups is 1. The zero-order chi connectivity index (χ0) is 16.8. The number of rotatable bonds is 4. The number of hydrogen-bond donors (Lipinski definition) is 3. The number of halogens is 1. The van der Waals surface area contributed by atoms with E-state index >= 15 is 0 Å². The molecule has 1 unspecified atom stereocenters. The van der Waals surface area contributed by atoms with Crippen molar-refractivity contribution in [2.24, 2.45) is 4.99 Å². The summed E-state index contributed by atoms with van der Waals surface area (Å²) in [5.41, 5.74) is -0.525. The summed E-state index contributed by atoms with van der Waals surface area (Å²) in [5.74, 6) is 0.860. The zero-order valence-corrected chi connectivity index (χ0v) is 17.2. The fraction of sp³-hybridized carbons (Fsp3) is 0.846. The van der Waals surface area contributed by atoms with Crippen LogP contribution in [0.1, 0.15) is 27.2 Å². The van der Waals surface area contributed by atoms with Gasteiger partial charge in [0, 0.05) is 26.2 Å². The largest absolute Gasteiger partial charge is 0.444 e. The van der Waals surface area contributed by atoms with Crippen molar-refractivity contribution < 1.29 is 17.9 Å². The molecule has 0 radical (unpaired) electrons. The average Bonchev–Trinajstić information content (AvgIpc) is 2.70. The number of aliphatic imine (C=N–C) groups is 1. The van der Waals surface area contributed by atoms with Crippen LogP contribution in [0.2, 0.25) is 0 Å². The standard InChI is InChI=1S/C13H26N4O4S.HI/c1-13(2,3)21-12(18)16-7-6-15-11(14-4)17-10-5-8-22(19,20)9-10;/h10H,5-9H2,1-4H3,(H,16,18)(H2,14,15,17);1H. The Balaban J connectivity index is 0.00000484. The van der Waals surface area contributed by atoms with E-state index in [-0.39, 0.29) is 41.5 Å². The predicted octanol–water partition coefficient (Wildman–Crippen LogP) is 0.481. The topological polar surface area (TPSA) is 109 Å². The van der Waals surface area contributed by atoms with Gasteiger partial charge >= 0.3 is 6.09 Å². The first-order valence-electron chi connectivity index (χ1n) is 7.26. The summed E-state index contributed by atoms with van der Waals surface area (Å²) in [6, 6.07) is -0.116. The van der Waals surface area contributed by atoms with Gasteiger partial charge in [-0.25, -0.2) is 13.2 Å². The Labute approximate surface area is 155 Å². The molecule has 0 spiro atoms. The molecular formula is C13H27IN4O4S. The average molecular weight is 462 g/mol. The molecule has 1 aliphatic heterocycles. The number of carbonyl (C=O) groups is 1. The highest BCUT2D eigenvalue weighted by Crippen LogP contribution is 2.10. The van der Waals surface area contributed by atoms with Gasteiger partial charge in [-0.15, -0.1) is 24.0 Å². The van der Waals surface area contributed by atoms with Crippen molar-refractivity contribution in [1.82, 2.24) is 16.0 Å². The van der Waals surface area contributed by atoms with E-state index in [9.17, 15) is 13.2 Å². The van der Waals surface area contributed by atoms with Gasteiger partial charge in [-0.3, -0.25) is 4.99 Å². The highest BCUT2D eigenvalue weighted by atomic mass is 127. The van der Waals surface area contributed by atoms with Crippen LogP contribution in [0.5, 0.6) is 0 Å². The monoisotopic (exact) mass is 462 g/mol. The molecule has 1 saturated heterocycles. The van der Waals surface area contributed by atoms with Crippen LogP contribution in [0.3, 0.4) is 0 Å². The van der Waals surface area contributed by atoms with Crippen molar-refractivity contribution in [1.29, 1.82) is 0 Å². The molecular weight excluding hydrogens is 435 g/mol. The molecule has 0 aromatic carbocycles. The Hall–Kier alpha value is -0.780. The van der Waals surface area contributed by atoms with Crippen LogP contribution in [-0.2, 0) is 14.6 Å². The lowest BCUT2D eigenvalue weighted by Crippen LogP contribution is -2.46. The molecule has 0 aromatic rings. The molecule has 8 nitrogen and oxygen atoms in total. The van der Waals surface area contributed by atoms with Crippen molar-refractivity contribution in [3.63, 3.8) is 0 Å². The van der Waals surface area contributed by atoms with Crippen molar-refractivity contribution in [3.05, 3.63) is 0 Å². The minimum Gasteiger partial charge on any atom is -0.444 e. The van der Waals surface area contributed by atoms with Crippen LogP contribution < -0.4 is 16.0 Å². The van der Waals surface area contributed by atoms with E-state index in [1.54, 1.807) is 27.8 Å². The molecule has 1 rings (SSSR count). The van der Waals surface area contributed by atoms with Crippen molar-refractivity contribution in [2.75, 3.05) is 31.6 Å². The molecule has 0 aromatic heterocycles. The second-order valence-corrected chi connectivity index (χ2v) is 8.40. The van der Waals surface area contributed by atoms with Crippen LogP contribution in [-0.4, -0.2) is 63.8 Å². The SMILES string of the molecule is CN=C(NCCNC(=O)OC(C)(C)C)NC1CCS(=O)(=O)C1.I. The van der Waals surface area contributed by atoms with E-state index in [1.165, 1.54) is 0 Å². The van der Waals surface area contributed by atoms with E-state index in [0.717, 1.165) is 0 Å². The minimum atomic E-state index is -2.92. The van der Waals surface area contributed by atoms with Gasteiger partial charge < -0.3 is 20.7 Å². The summed E-state index contributed by atoms with van der Waals surface area (Å²) in [6.07, 6.45) is 0.110. The number of hydrogen-bond acceptors (Lipinski definition) is 5. The lowest BCUT2D eigenvalue weighted by Gasteiger charge is -2.20. The van der Waals surface area contributed by atoms with E-state index in [0.29, 0.717) is 25.5 Å². The summed E-state index contributed by atoms with van der Waals surface area (Å²) >= 11 is 0. The quantitative estimate of drug-likeness (QED) is 0.243. The van der Waals surface area contributed by atoms with Crippen molar-refractivity contribution >= 4 is 45.9 Å². The molecule has 0 bridgehead atoms. The van der Waals surface area contributed by atoms with Crippen LogP contribution in [0, 0.1) is 0 Å². The molecule has 1 aliphatic rings. The zero-order valence-electron chi connectivity index (χ0n) is 14.0. The van der Waals surface area contributed by atoms with Gasteiger partial charge in [0.25, 0.3) is 0 Å². The van der Waals surface area contributed by atoms with E-state index in [1.807, 2.05) is 0 Å². The highest BCUT2D eigenvalue weighted by Gasteiger charge is 2.28. The molecule has 1 amide bonds. The lowest BCUT2D eigenvalue weighted by atomic mass is 10.2. The first-order valence-corrected chi connectivity index (χ1v) is 9.08. The third-order valence-electron chi connectivity index (χ3n) is 2.88. The Morgan fingerprint density at radius 2 is 1.87 bits per heavy atom. The third kappa shape index (κ3) is 9.84. The predicted molar refractivity (Wildman–Crippen MR) is 101 cm³/mol. The van der Waals surface area contributed by atoms with Gasteiger partial charge in [0.1, 0.15) is 5.60 Å². The maximum absolute atomic E-state index is 11.4. The van der Waals surface area contributed by atoms with Gasteiger partial charge in [0.15, 0.2) is 15.8 Å². The van der Waals surface area contributed by atoms with Gasteiger partial charge in [-0.2, -0.15) is 0 Å². The number of alkyl carbamates (subject to hydrolysis) is 1. The van der Waals surface area contributed by atoms with Gasteiger partial charge in [0.2, 0.25) is 0 Å². The Kier molecular flexibility index (Phi) is 9.18. The number of ether oxygens (including phenoxy) is 1. The van der Waals surface area contributed by atoms with Gasteiger partial charge in [-0.05, 0) is 27.2 Å². The molecule has 3 N–H and O–H groups in total. The first-order chi connectivity index (χ1) is 10.1. The summed E-state index contributed by atoms with van der Waals surface area (Å²) < 4.78 is 27.9. The Bertz CT molecular complexity index is 517. The molecule has 1 atom stereocenters. The smallest absolute Gasteiger partial charge is 0.407 e. The Morgan fingerprint density at radius 1 is 1.26 bits per heavy atom. The van der Waals surface area contributed by atoms with Crippen LogP contribution in [0.25, 0.3) is 0 Å². The fourth-order valence-electron chi connectivity index (χ4n) is 1.96. The molecule has 1 fully saturated rings. The van der Waals surface area contributed by atoms with E-state index in [4.69, 9.17) is 4.74 Å². The van der Waals surface area contributed by atoms with Crippen LogP contribution in [0.4, 0.5) is 4.79 Å². The number of amides is 1. The maximum atomic E-state index is 11.4. The number of nitrogens with zero attached hydrogens (tertiary/aromatic N) is 1. The molecule has 10 heteroatoms.